The van der Waals surface area contributed by atoms with E-state index in [1.807, 2.05) is 30.3 Å². The molecule has 0 aliphatic heterocycles. The molecule has 254 valence electrons. The molecule has 0 N–H and O–H groups in total. The van der Waals surface area contributed by atoms with Crippen molar-refractivity contribution in [1.29, 1.82) is 0 Å². The van der Waals surface area contributed by atoms with Crippen molar-refractivity contribution in [3.05, 3.63) is 199 Å². The summed E-state index contributed by atoms with van der Waals surface area (Å²) in [6.45, 7) is 16.5. The molecule has 8 aromatic carbocycles. The minimum absolute atomic E-state index is 0.575. The summed E-state index contributed by atoms with van der Waals surface area (Å²) >= 11 is 0. The lowest BCUT2D eigenvalue weighted by molar-refractivity contribution is 1.13. The van der Waals surface area contributed by atoms with Crippen LogP contribution in [0.25, 0.3) is 103 Å². The summed E-state index contributed by atoms with van der Waals surface area (Å²) in [7, 11) is 0. The van der Waals surface area contributed by atoms with Crippen LogP contribution in [-0.4, -0.2) is 13.7 Å². The molecule has 5 nitrogen and oxygen atoms in total. The summed E-state index contributed by atoms with van der Waals surface area (Å²) in [6.07, 6.45) is 0. The summed E-state index contributed by atoms with van der Waals surface area (Å²) in [4.78, 5) is 8.09. The highest BCUT2D eigenvalue weighted by atomic mass is 15.1. The summed E-state index contributed by atoms with van der Waals surface area (Å²) in [5, 5.41) is 6.77. The topological polar surface area (TPSA) is 23.5 Å². The van der Waals surface area contributed by atoms with E-state index in [1.165, 1.54) is 10.8 Å². The number of aromatic nitrogens is 3. The van der Waals surface area contributed by atoms with Crippen LogP contribution >= 0.6 is 0 Å². The molecule has 0 saturated carbocycles. The average Bonchev–Trinajstić information content (AvgIpc) is 3.89. The fraction of sp³-hybridized carbons (Fsp3) is 0. The number of fused-ring (bicyclic) bond motifs is 9. The standard InChI is InChI=1S/C50H29N5/c1-51-32-29-30-46-40(31-32)37-19-7-11-25-44(37)53(46)43-24-10-5-17-35(43)38-20-13-27-47(49(38)52-2)55-45-26-12-6-18-36(45)39-21-14-28-48(50(39)55)54-41-22-8-3-15-33(41)34-16-4-9-23-42(34)54/h3-31H. The van der Waals surface area contributed by atoms with Gasteiger partial charge in [0.15, 0.2) is 5.69 Å². The Hall–Kier alpha value is -7.86. The maximum absolute atomic E-state index is 8.83. The molecule has 0 fully saturated rings. The van der Waals surface area contributed by atoms with Gasteiger partial charge in [-0.2, -0.15) is 0 Å². The zero-order valence-corrected chi connectivity index (χ0v) is 29.5. The van der Waals surface area contributed by atoms with Crippen molar-refractivity contribution in [2.75, 3.05) is 0 Å². The number of hydrogen-bond acceptors (Lipinski definition) is 0. The summed E-state index contributed by atoms with van der Waals surface area (Å²) < 4.78 is 6.95. The van der Waals surface area contributed by atoms with Crippen LogP contribution in [0.4, 0.5) is 11.4 Å². The molecule has 5 heteroatoms. The lowest BCUT2D eigenvalue weighted by Gasteiger charge is -2.19. The van der Waals surface area contributed by atoms with E-state index in [9.17, 15) is 0 Å². The van der Waals surface area contributed by atoms with Gasteiger partial charge in [0.1, 0.15) is 0 Å². The smallest absolute Gasteiger partial charge is 0.218 e. The van der Waals surface area contributed by atoms with E-state index in [0.29, 0.717) is 11.4 Å². The van der Waals surface area contributed by atoms with Gasteiger partial charge >= 0.3 is 0 Å². The summed E-state index contributed by atoms with van der Waals surface area (Å²) in [5.74, 6) is 0. The largest absolute Gasteiger partial charge is 0.317 e. The van der Waals surface area contributed by atoms with Crippen molar-refractivity contribution in [2.24, 2.45) is 0 Å². The third kappa shape index (κ3) is 4.33. The van der Waals surface area contributed by atoms with Crippen molar-refractivity contribution < 1.29 is 0 Å². The normalized spacial score (nSPS) is 11.6. The third-order valence-electron chi connectivity index (χ3n) is 11.1. The first-order valence-electron chi connectivity index (χ1n) is 18.3. The summed E-state index contributed by atoms with van der Waals surface area (Å²) in [6, 6.07) is 61.1. The van der Waals surface area contributed by atoms with Gasteiger partial charge in [-0.25, -0.2) is 9.69 Å². The second-order valence-electron chi connectivity index (χ2n) is 13.9. The predicted octanol–water partition coefficient (Wildman–Crippen LogP) is 13.7. The van der Waals surface area contributed by atoms with Gasteiger partial charge in [-0.15, -0.1) is 0 Å². The number of nitrogens with zero attached hydrogens (tertiary/aromatic N) is 5. The molecule has 0 amide bonds. The molecule has 3 heterocycles. The molecule has 0 atom stereocenters. The molecule has 0 spiro atoms. The van der Waals surface area contributed by atoms with Crippen LogP contribution in [-0.2, 0) is 0 Å². The second kappa shape index (κ2) is 11.8. The maximum Gasteiger partial charge on any atom is 0.218 e. The summed E-state index contributed by atoms with van der Waals surface area (Å²) in [5.41, 5.74) is 12.3. The van der Waals surface area contributed by atoms with Crippen LogP contribution in [0, 0.1) is 13.1 Å². The Kier molecular flexibility index (Phi) is 6.61. The molecule has 0 aliphatic carbocycles. The Bertz CT molecular complexity index is 3420. The molecule has 0 bridgehead atoms. The number of para-hydroxylation sites is 7. The van der Waals surface area contributed by atoms with Gasteiger partial charge in [-0.1, -0.05) is 121 Å². The molecule has 3 aromatic heterocycles. The number of hydrogen-bond donors (Lipinski definition) is 0. The van der Waals surface area contributed by atoms with E-state index in [2.05, 4.69) is 169 Å². The quantitative estimate of drug-likeness (QED) is 0.163. The second-order valence-corrected chi connectivity index (χ2v) is 13.9. The van der Waals surface area contributed by atoms with Gasteiger partial charge in [0, 0.05) is 26.9 Å². The molecule has 11 aromatic rings. The molecular weight excluding hydrogens is 671 g/mol. The van der Waals surface area contributed by atoms with Crippen LogP contribution < -0.4 is 0 Å². The Morgan fingerprint density at radius 1 is 0.327 bits per heavy atom. The Morgan fingerprint density at radius 3 is 1.44 bits per heavy atom. The van der Waals surface area contributed by atoms with Crippen LogP contribution in [0.1, 0.15) is 0 Å². The first kappa shape index (κ1) is 30.7. The Labute approximate surface area is 316 Å². The minimum Gasteiger partial charge on any atom is -0.317 e. The van der Waals surface area contributed by atoms with E-state index in [-0.39, 0.29) is 0 Å². The minimum atomic E-state index is 0.575. The molecule has 11 rings (SSSR count). The van der Waals surface area contributed by atoms with E-state index < -0.39 is 0 Å². The zero-order chi connectivity index (χ0) is 36.6. The van der Waals surface area contributed by atoms with E-state index >= 15 is 0 Å². The highest BCUT2D eigenvalue weighted by molar-refractivity contribution is 6.16. The molecular formula is C50H29N5. The van der Waals surface area contributed by atoms with Crippen molar-refractivity contribution in [2.45, 2.75) is 0 Å². The molecule has 55 heavy (non-hydrogen) atoms. The van der Waals surface area contributed by atoms with Gasteiger partial charge in [0.25, 0.3) is 0 Å². The van der Waals surface area contributed by atoms with Crippen molar-refractivity contribution in [3.63, 3.8) is 0 Å². The highest BCUT2D eigenvalue weighted by Crippen LogP contribution is 2.45. The van der Waals surface area contributed by atoms with E-state index in [4.69, 9.17) is 13.1 Å². The lowest BCUT2D eigenvalue weighted by Crippen LogP contribution is -2.02. The maximum atomic E-state index is 8.83. The van der Waals surface area contributed by atoms with Crippen molar-refractivity contribution >= 4 is 76.8 Å². The Morgan fingerprint density at radius 2 is 0.782 bits per heavy atom. The number of rotatable bonds is 4. The van der Waals surface area contributed by atoms with Gasteiger partial charge in [0.2, 0.25) is 5.69 Å². The molecule has 0 radical (unpaired) electrons. The van der Waals surface area contributed by atoms with Crippen LogP contribution in [0.3, 0.4) is 0 Å². The third-order valence-corrected chi connectivity index (χ3v) is 11.1. The molecule has 0 unspecified atom stereocenters. The average molecular weight is 700 g/mol. The SMILES string of the molecule is [C-]#[N+]c1ccc2c(c1)c1ccccc1n2-c1ccccc1-c1cccc(-n2c3ccccc3c3cccc(-n4c5ccccc5c5ccccc54)c32)c1[N+]#[C-]. The monoisotopic (exact) mass is 699 g/mol. The highest BCUT2D eigenvalue weighted by Gasteiger charge is 2.24. The molecule has 0 aliphatic rings. The first-order valence-corrected chi connectivity index (χ1v) is 18.3. The van der Waals surface area contributed by atoms with Crippen LogP contribution in [0.15, 0.2) is 176 Å². The predicted molar refractivity (Wildman–Crippen MR) is 227 cm³/mol. The zero-order valence-electron chi connectivity index (χ0n) is 29.5. The van der Waals surface area contributed by atoms with Gasteiger partial charge in [-0.05, 0) is 71.1 Å². The van der Waals surface area contributed by atoms with Crippen LogP contribution in [0.2, 0.25) is 0 Å². The van der Waals surface area contributed by atoms with Crippen molar-refractivity contribution in [1.82, 2.24) is 13.7 Å². The van der Waals surface area contributed by atoms with E-state index in [1.54, 1.807) is 0 Å². The Balaban J connectivity index is 1.22. The fourth-order valence-electron chi connectivity index (χ4n) is 8.85. The number of benzene rings is 8. The van der Waals surface area contributed by atoms with Gasteiger partial charge < -0.3 is 13.7 Å². The molecule has 0 saturated heterocycles. The lowest BCUT2D eigenvalue weighted by atomic mass is 10.00. The van der Waals surface area contributed by atoms with Crippen molar-refractivity contribution in [3.8, 4) is 28.2 Å². The van der Waals surface area contributed by atoms with Gasteiger partial charge in [-0.3, -0.25) is 0 Å². The first-order chi connectivity index (χ1) is 27.2. The fourth-order valence-corrected chi connectivity index (χ4v) is 8.85. The van der Waals surface area contributed by atoms with Crippen LogP contribution in [0.5, 0.6) is 0 Å². The van der Waals surface area contributed by atoms with Gasteiger partial charge in [0.05, 0.1) is 63.3 Å². The van der Waals surface area contributed by atoms with E-state index in [0.717, 1.165) is 82.8 Å².